The number of amides is 1. The van der Waals surface area contributed by atoms with Crippen LogP contribution < -0.4 is 10.1 Å². The van der Waals surface area contributed by atoms with Crippen LogP contribution in [0.3, 0.4) is 0 Å². The van der Waals surface area contributed by atoms with Gasteiger partial charge in [-0.25, -0.2) is 4.98 Å². The Balaban J connectivity index is 1.49. The van der Waals surface area contributed by atoms with Gasteiger partial charge in [0.15, 0.2) is 12.1 Å². The number of aromatic nitrogens is 3. The van der Waals surface area contributed by atoms with E-state index in [-0.39, 0.29) is 17.6 Å². The lowest BCUT2D eigenvalue weighted by atomic mass is 9.95. The average molecular weight is 360 g/mol. The van der Waals surface area contributed by atoms with Crippen LogP contribution in [0, 0.1) is 0 Å². The van der Waals surface area contributed by atoms with Crippen LogP contribution in [0.2, 0.25) is 0 Å². The van der Waals surface area contributed by atoms with Gasteiger partial charge in [0, 0.05) is 17.4 Å². The first kappa shape index (κ1) is 15.6. The van der Waals surface area contributed by atoms with Crippen molar-refractivity contribution in [3.63, 3.8) is 0 Å². The molecule has 0 saturated heterocycles. The first-order chi connectivity index (χ1) is 13.3. The number of nitrogens with zero attached hydrogens (tertiary/aromatic N) is 2. The maximum Gasteiger partial charge on any atom is 0.273 e. The summed E-state index contributed by atoms with van der Waals surface area (Å²) in [5.74, 6) is 0.534. The monoisotopic (exact) mass is 360 g/mol. The maximum absolute atomic E-state index is 12.4. The standard InChI is InChI=1S/C20H16N4O3/c25-20(18-10-26-11-21-18)23-17-5-6-27-19-4-2-13(8-15(17)19)12-1-3-16-14(7-12)9-22-24-16/h1-4,7-11,17H,5-6H2,(H,22,24)(H,23,25). The minimum absolute atomic E-state index is 0.143. The van der Waals surface area contributed by atoms with Gasteiger partial charge in [-0.15, -0.1) is 0 Å². The molecule has 7 nitrogen and oxygen atoms in total. The summed E-state index contributed by atoms with van der Waals surface area (Å²) >= 11 is 0. The van der Waals surface area contributed by atoms with Gasteiger partial charge in [-0.05, 0) is 35.4 Å². The number of nitrogens with one attached hydrogen (secondary N) is 2. The number of hydrogen-bond donors (Lipinski definition) is 2. The lowest BCUT2D eigenvalue weighted by Crippen LogP contribution is -2.32. The molecule has 1 amide bonds. The molecule has 1 aliphatic rings. The molecule has 0 spiro atoms. The molecule has 4 aromatic rings. The van der Waals surface area contributed by atoms with Gasteiger partial charge >= 0.3 is 0 Å². The highest BCUT2D eigenvalue weighted by Crippen LogP contribution is 2.36. The Kier molecular flexibility index (Phi) is 3.64. The lowest BCUT2D eigenvalue weighted by molar-refractivity contribution is 0.0919. The number of ether oxygens (including phenoxy) is 1. The molecule has 7 heteroatoms. The zero-order valence-corrected chi connectivity index (χ0v) is 14.3. The van der Waals surface area contributed by atoms with Crippen molar-refractivity contribution >= 4 is 16.8 Å². The van der Waals surface area contributed by atoms with Crippen molar-refractivity contribution in [2.45, 2.75) is 12.5 Å². The molecule has 3 heterocycles. The van der Waals surface area contributed by atoms with Gasteiger partial charge in [0.05, 0.1) is 24.4 Å². The van der Waals surface area contributed by atoms with Crippen molar-refractivity contribution in [1.82, 2.24) is 20.5 Å². The number of carbonyl (C=O) groups excluding carboxylic acids is 1. The molecule has 2 aromatic carbocycles. The number of benzene rings is 2. The summed E-state index contributed by atoms with van der Waals surface area (Å²) in [5.41, 5.74) is 4.37. The highest BCUT2D eigenvalue weighted by molar-refractivity contribution is 5.92. The third-order valence-electron chi connectivity index (χ3n) is 4.79. The molecule has 0 fully saturated rings. The third-order valence-corrected chi connectivity index (χ3v) is 4.79. The van der Waals surface area contributed by atoms with Crippen LogP contribution in [-0.4, -0.2) is 27.7 Å². The van der Waals surface area contributed by atoms with E-state index in [2.05, 4.69) is 38.7 Å². The molecule has 134 valence electrons. The van der Waals surface area contributed by atoms with Gasteiger partial charge in [0.25, 0.3) is 5.91 Å². The second kappa shape index (κ2) is 6.28. The quantitative estimate of drug-likeness (QED) is 0.583. The Labute approximate surface area is 154 Å². The largest absolute Gasteiger partial charge is 0.493 e. The van der Waals surface area contributed by atoms with Crippen LogP contribution in [0.1, 0.15) is 28.5 Å². The number of rotatable bonds is 3. The highest BCUT2D eigenvalue weighted by Gasteiger charge is 2.25. The Morgan fingerprint density at radius 3 is 2.96 bits per heavy atom. The molecule has 2 aromatic heterocycles. The minimum atomic E-state index is -0.258. The first-order valence-electron chi connectivity index (χ1n) is 8.67. The van der Waals surface area contributed by atoms with Gasteiger partial charge in [-0.3, -0.25) is 9.89 Å². The van der Waals surface area contributed by atoms with Crippen molar-refractivity contribution in [3.05, 3.63) is 66.5 Å². The molecule has 0 radical (unpaired) electrons. The van der Waals surface area contributed by atoms with Gasteiger partial charge in [0.2, 0.25) is 0 Å². The molecule has 1 atom stereocenters. The van der Waals surface area contributed by atoms with E-state index in [1.54, 1.807) is 6.20 Å². The van der Waals surface area contributed by atoms with E-state index in [0.29, 0.717) is 13.0 Å². The van der Waals surface area contributed by atoms with E-state index in [4.69, 9.17) is 9.15 Å². The summed E-state index contributed by atoms with van der Waals surface area (Å²) in [6, 6.07) is 12.1. The van der Waals surface area contributed by atoms with E-state index in [0.717, 1.165) is 33.3 Å². The maximum atomic E-state index is 12.4. The van der Waals surface area contributed by atoms with Crippen molar-refractivity contribution in [2.75, 3.05) is 6.61 Å². The van der Waals surface area contributed by atoms with Crippen molar-refractivity contribution in [3.8, 4) is 16.9 Å². The molecular weight excluding hydrogens is 344 g/mol. The number of aromatic amines is 1. The molecule has 1 aliphatic heterocycles. The highest BCUT2D eigenvalue weighted by atomic mass is 16.5. The number of H-pyrrole nitrogens is 1. The zero-order chi connectivity index (χ0) is 18.2. The van der Waals surface area contributed by atoms with E-state index < -0.39 is 0 Å². The van der Waals surface area contributed by atoms with Crippen LogP contribution in [0.5, 0.6) is 5.75 Å². The average Bonchev–Trinajstić information content (AvgIpc) is 3.39. The second-order valence-corrected chi connectivity index (χ2v) is 6.46. The number of fused-ring (bicyclic) bond motifs is 2. The molecule has 0 aliphatic carbocycles. The molecule has 27 heavy (non-hydrogen) atoms. The Morgan fingerprint density at radius 1 is 1.19 bits per heavy atom. The van der Waals surface area contributed by atoms with Crippen LogP contribution in [0.25, 0.3) is 22.0 Å². The second-order valence-electron chi connectivity index (χ2n) is 6.46. The van der Waals surface area contributed by atoms with Crippen LogP contribution in [0.15, 0.2) is 59.7 Å². The van der Waals surface area contributed by atoms with Crippen molar-refractivity contribution in [2.24, 2.45) is 0 Å². The molecule has 2 N–H and O–H groups in total. The topological polar surface area (TPSA) is 93.0 Å². The Bertz CT molecular complexity index is 1120. The Hall–Kier alpha value is -3.61. The van der Waals surface area contributed by atoms with Gasteiger partial charge in [0.1, 0.15) is 12.0 Å². The predicted molar refractivity (Wildman–Crippen MR) is 98.4 cm³/mol. The minimum Gasteiger partial charge on any atom is -0.493 e. The molecule has 5 rings (SSSR count). The fourth-order valence-electron chi connectivity index (χ4n) is 3.40. The smallest absolute Gasteiger partial charge is 0.273 e. The molecule has 0 bridgehead atoms. The number of carbonyl (C=O) groups is 1. The van der Waals surface area contributed by atoms with E-state index in [9.17, 15) is 4.79 Å². The van der Waals surface area contributed by atoms with Crippen molar-refractivity contribution < 1.29 is 13.9 Å². The first-order valence-corrected chi connectivity index (χ1v) is 8.67. The summed E-state index contributed by atoms with van der Waals surface area (Å²) in [6.07, 6.45) is 5.09. The fraction of sp³-hybridized carbons (Fsp3) is 0.150. The molecule has 0 saturated carbocycles. The van der Waals surface area contributed by atoms with Crippen molar-refractivity contribution in [1.29, 1.82) is 0 Å². The molecular formula is C20H16N4O3. The summed E-state index contributed by atoms with van der Waals surface area (Å²) in [7, 11) is 0. The molecule has 1 unspecified atom stereocenters. The summed E-state index contributed by atoms with van der Waals surface area (Å²) in [6.45, 7) is 0.553. The van der Waals surface area contributed by atoms with Gasteiger partial charge < -0.3 is 14.5 Å². The SMILES string of the molecule is O=C(NC1CCOc2ccc(-c3ccc4[nH]ncc4c3)cc21)c1cocn1. The predicted octanol–water partition coefficient (Wildman–Crippen LogP) is 3.47. The summed E-state index contributed by atoms with van der Waals surface area (Å²) in [5, 5.41) is 11.1. The van der Waals surface area contributed by atoms with Gasteiger partial charge in [-0.2, -0.15) is 5.10 Å². The fourth-order valence-corrected chi connectivity index (χ4v) is 3.40. The number of oxazole rings is 1. The normalized spacial score (nSPS) is 15.9. The van der Waals surface area contributed by atoms with E-state index >= 15 is 0 Å². The Morgan fingerprint density at radius 2 is 2.07 bits per heavy atom. The number of hydrogen-bond acceptors (Lipinski definition) is 5. The summed E-state index contributed by atoms with van der Waals surface area (Å²) < 4.78 is 10.7. The van der Waals surface area contributed by atoms with Crippen LogP contribution in [0.4, 0.5) is 0 Å². The zero-order valence-electron chi connectivity index (χ0n) is 14.3. The van der Waals surface area contributed by atoms with Gasteiger partial charge in [-0.1, -0.05) is 12.1 Å². The van der Waals surface area contributed by atoms with Crippen LogP contribution in [-0.2, 0) is 0 Å². The van der Waals surface area contributed by atoms with Crippen LogP contribution >= 0.6 is 0 Å². The lowest BCUT2D eigenvalue weighted by Gasteiger charge is -2.27. The van der Waals surface area contributed by atoms with E-state index in [1.165, 1.54) is 12.7 Å². The summed E-state index contributed by atoms with van der Waals surface area (Å²) in [4.78, 5) is 16.3. The van der Waals surface area contributed by atoms with E-state index in [1.807, 2.05) is 18.2 Å². The third kappa shape index (κ3) is 2.83.